The molecule has 4 heterocycles. The van der Waals surface area contributed by atoms with Gasteiger partial charge in [0.25, 0.3) is 5.91 Å². The quantitative estimate of drug-likeness (QED) is 0.584. The van der Waals surface area contributed by atoms with Crippen LogP contribution in [0.2, 0.25) is 0 Å². The first-order chi connectivity index (χ1) is 18.6. The highest BCUT2D eigenvalue weighted by Gasteiger charge is 2.52. The highest BCUT2D eigenvalue weighted by Crippen LogP contribution is 2.44. The maximum atomic E-state index is 13.6. The van der Waals surface area contributed by atoms with Crippen LogP contribution >= 0.6 is 0 Å². The number of imide groups is 1. The van der Waals surface area contributed by atoms with Gasteiger partial charge in [0.2, 0.25) is 0 Å². The molecule has 1 aromatic carbocycles. The second-order valence-corrected chi connectivity index (χ2v) is 12.6. The third kappa shape index (κ3) is 4.56. The number of hydrogen-bond acceptors (Lipinski definition) is 5. The number of rotatable bonds is 5. The number of fused-ring (bicyclic) bond motifs is 1. The zero-order chi connectivity index (χ0) is 27.5. The number of carbonyl (C=O) groups is 3. The van der Waals surface area contributed by atoms with Crippen molar-refractivity contribution in [1.29, 1.82) is 0 Å². The summed E-state index contributed by atoms with van der Waals surface area (Å²) in [5, 5.41) is 3.27. The third-order valence-corrected chi connectivity index (χ3v) is 8.89. The Balaban J connectivity index is 1.23. The lowest BCUT2D eigenvalue weighted by atomic mass is 9.87. The second-order valence-electron chi connectivity index (χ2n) is 12.6. The minimum atomic E-state index is -1.01. The van der Waals surface area contributed by atoms with Gasteiger partial charge in [0, 0.05) is 56.1 Å². The first-order valence-corrected chi connectivity index (χ1v) is 14.1. The van der Waals surface area contributed by atoms with E-state index in [9.17, 15) is 14.4 Å². The van der Waals surface area contributed by atoms with Crippen molar-refractivity contribution in [1.82, 2.24) is 20.1 Å². The highest BCUT2D eigenvalue weighted by molar-refractivity contribution is 6.23. The van der Waals surface area contributed by atoms with Crippen LogP contribution in [0.1, 0.15) is 64.5 Å². The molecule has 9 heteroatoms. The first-order valence-electron chi connectivity index (χ1n) is 14.1. The molecular formula is C30H38N6O3. The van der Waals surface area contributed by atoms with E-state index in [1.165, 1.54) is 17.7 Å². The molecule has 0 radical (unpaired) electrons. The predicted octanol–water partition coefficient (Wildman–Crippen LogP) is 4.26. The first kappa shape index (κ1) is 25.8. The van der Waals surface area contributed by atoms with Crippen molar-refractivity contribution in [3.05, 3.63) is 53.9 Å². The zero-order valence-corrected chi connectivity index (χ0v) is 23.3. The molecule has 39 heavy (non-hydrogen) atoms. The highest BCUT2D eigenvalue weighted by atomic mass is 16.2. The van der Waals surface area contributed by atoms with Crippen LogP contribution in [0.3, 0.4) is 0 Å². The Morgan fingerprint density at radius 3 is 2.36 bits per heavy atom. The molecule has 3 fully saturated rings. The van der Waals surface area contributed by atoms with E-state index in [1.807, 2.05) is 30.3 Å². The molecule has 0 unspecified atom stereocenters. The summed E-state index contributed by atoms with van der Waals surface area (Å²) in [5.74, 6) is -0.280. The average Bonchev–Trinajstić information content (AvgIpc) is 3.70. The molecule has 1 aromatic heterocycles. The van der Waals surface area contributed by atoms with Crippen LogP contribution < -0.4 is 15.1 Å². The predicted molar refractivity (Wildman–Crippen MR) is 150 cm³/mol. The average molecular weight is 531 g/mol. The zero-order valence-electron chi connectivity index (χ0n) is 23.3. The number of hydrogen-bond donors (Lipinski definition) is 1. The fourth-order valence-corrected chi connectivity index (χ4v) is 6.30. The number of anilines is 2. The van der Waals surface area contributed by atoms with E-state index in [-0.39, 0.29) is 29.4 Å². The minimum Gasteiger partial charge on any atom is -0.335 e. The molecule has 5 amide bonds. The maximum absolute atomic E-state index is 13.6. The summed E-state index contributed by atoms with van der Waals surface area (Å²) in [6.45, 7) is 10.7. The molecule has 0 bridgehead atoms. The van der Waals surface area contributed by atoms with Crippen molar-refractivity contribution in [2.75, 3.05) is 29.4 Å². The monoisotopic (exact) mass is 530 g/mol. The van der Waals surface area contributed by atoms with Gasteiger partial charge in [0.05, 0.1) is 11.4 Å². The molecule has 206 valence electrons. The topological polar surface area (TPSA) is 89.1 Å². The van der Waals surface area contributed by atoms with E-state index < -0.39 is 5.54 Å². The number of carbonyl (C=O) groups excluding carboxylic acids is 3. The molecule has 9 nitrogen and oxygen atoms in total. The molecule has 2 saturated heterocycles. The van der Waals surface area contributed by atoms with E-state index >= 15 is 0 Å². The summed E-state index contributed by atoms with van der Waals surface area (Å²) in [4.78, 5) is 52.0. The Kier molecular flexibility index (Phi) is 6.17. The van der Waals surface area contributed by atoms with Gasteiger partial charge in [0.15, 0.2) is 0 Å². The summed E-state index contributed by atoms with van der Waals surface area (Å²) < 4.78 is 0. The van der Waals surface area contributed by atoms with Gasteiger partial charge in [-0.25, -0.2) is 14.5 Å². The molecule has 2 aromatic rings. The summed E-state index contributed by atoms with van der Waals surface area (Å²) in [6.07, 6.45) is 7.90. The van der Waals surface area contributed by atoms with Gasteiger partial charge >= 0.3 is 12.1 Å². The molecule has 6 rings (SSSR count). The summed E-state index contributed by atoms with van der Waals surface area (Å²) in [7, 11) is 0. The number of aromatic nitrogens is 1. The van der Waals surface area contributed by atoms with Crippen molar-refractivity contribution in [3.63, 3.8) is 0 Å². The number of amides is 5. The normalized spacial score (nSPS) is 22.9. The van der Waals surface area contributed by atoms with Gasteiger partial charge in [-0.3, -0.25) is 14.7 Å². The van der Waals surface area contributed by atoms with Crippen molar-refractivity contribution in [2.24, 2.45) is 0 Å². The van der Waals surface area contributed by atoms with Gasteiger partial charge in [-0.15, -0.1) is 0 Å². The van der Waals surface area contributed by atoms with E-state index in [0.29, 0.717) is 18.8 Å². The molecule has 0 spiro atoms. The van der Waals surface area contributed by atoms with Crippen LogP contribution in [-0.4, -0.2) is 70.0 Å². The largest absolute Gasteiger partial charge is 0.335 e. The van der Waals surface area contributed by atoms with Crippen molar-refractivity contribution >= 4 is 29.3 Å². The molecule has 4 aliphatic rings. The van der Waals surface area contributed by atoms with Gasteiger partial charge < -0.3 is 15.1 Å². The number of urea groups is 2. The van der Waals surface area contributed by atoms with Gasteiger partial charge in [0.1, 0.15) is 5.54 Å². The lowest BCUT2D eigenvalue weighted by Crippen LogP contribution is -2.50. The smallest absolute Gasteiger partial charge is 0.332 e. The van der Waals surface area contributed by atoms with Crippen molar-refractivity contribution in [2.45, 2.75) is 83.0 Å². The number of nitrogens with one attached hydrogen (secondary N) is 1. The summed E-state index contributed by atoms with van der Waals surface area (Å²) in [6, 6.07) is 9.77. The van der Waals surface area contributed by atoms with Crippen LogP contribution in [0.4, 0.5) is 21.0 Å². The molecule has 0 atom stereocenters. The Hall–Kier alpha value is -3.46. The van der Waals surface area contributed by atoms with Crippen LogP contribution in [0.25, 0.3) is 0 Å². The number of piperidine rings is 1. The van der Waals surface area contributed by atoms with Gasteiger partial charge in [-0.05, 0) is 74.9 Å². The van der Waals surface area contributed by atoms with E-state index in [0.717, 1.165) is 48.8 Å². The van der Waals surface area contributed by atoms with E-state index in [1.54, 1.807) is 36.0 Å². The Morgan fingerprint density at radius 2 is 1.69 bits per heavy atom. The molecule has 1 N–H and O–H groups in total. The Morgan fingerprint density at radius 1 is 1.00 bits per heavy atom. The van der Waals surface area contributed by atoms with Crippen LogP contribution in [0.15, 0.2) is 42.7 Å². The summed E-state index contributed by atoms with van der Waals surface area (Å²) >= 11 is 0. The number of pyridine rings is 1. The fourth-order valence-electron chi connectivity index (χ4n) is 6.30. The third-order valence-electron chi connectivity index (χ3n) is 8.89. The molecular weight excluding hydrogens is 492 g/mol. The van der Waals surface area contributed by atoms with Crippen molar-refractivity contribution < 1.29 is 14.4 Å². The summed E-state index contributed by atoms with van der Waals surface area (Å²) in [5.41, 5.74) is 1.94. The minimum absolute atomic E-state index is 0.109. The Labute approximate surface area is 230 Å². The van der Waals surface area contributed by atoms with E-state index in [4.69, 9.17) is 0 Å². The van der Waals surface area contributed by atoms with Crippen molar-refractivity contribution in [3.8, 4) is 0 Å². The molecule has 1 aliphatic carbocycles. The lowest BCUT2D eigenvalue weighted by molar-refractivity contribution is -0.123. The fraction of sp³-hybridized carbons (Fsp3) is 0.533. The molecule has 1 saturated carbocycles. The SMILES string of the molecule is CC1(C)CN(C(=O)NC2CCN(C3CC3)CC2)c2cc(N3C(=O)N(Cc4ccncc4)C(C)(C)C3=O)ccc21. The van der Waals surface area contributed by atoms with Gasteiger partial charge in [-0.1, -0.05) is 19.9 Å². The van der Waals surface area contributed by atoms with Crippen LogP contribution in [-0.2, 0) is 16.8 Å². The number of nitrogens with zero attached hydrogens (tertiary/aromatic N) is 5. The van der Waals surface area contributed by atoms with Crippen LogP contribution in [0, 0.1) is 0 Å². The maximum Gasteiger partial charge on any atom is 0.332 e. The molecule has 3 aliphatic heterocycles. The standard InChI is InChI=1S/C30H38N6O3/c1-29(2)19-34(27(38)32-21-11-15-33(16-12-21)22-5-6-22)25-17-23(7-8-24(25)29)36-26(37)30(3,4)35(28(36)39)18-20-9-13-31-14-10-20/h7-10,13-14,17,21-22H,5-6,11-12,15-16,18-19H2,1-4H3,(H,32,38). The van der Waals surface area contributed by atoms with Gasteiger partial charge in [-0.2, -0.15) is 0 Å². The number of likely N-dealkylation sites (tertiary alicyclic amines) is 1. The lowest BCUT2D eigenvalue weighted by Gasteiger charge is -2.33. The number of benzene rings is 1. The second kappa shape index (κ2) is 9.33. The van der Waals surface area contributed by atoms with E-state index in [2.05, 4.69) is 29.0 Å². The van der Waals surface area contributed by atoms with Crippen LogP contribution in [0.5, 0.6) is 0 Å². The Bertz CT molecular complexity index is 1300.